The lowest BCUT2D eigenvalue weighted by Crippen LogP contribution is -2.15. The van der Waals surface area contributed by atoms with Crippen LogP contribution in [-0.4, -0.2) is 15.9 Å². The van der Waals surface area contributed by atoms with Crippen molar-refractivity contribution in [2.24, 2.45) is 0 Å². The Morgan fingerprint density at radius 3 is 2.50 bits per heavy atom. The summed E-state index contributed by atoms with van der Waals surface area (Å²) in [6.07, 6.45) is 2.98. The third-order valence-corrected chi connectivity index (χ3v) is 4.59. The Kier molecular flexibility index (Phi) is 5.19. The number of amides is 1. The van der Waals surface area contributed by atoms with Gasteiger partial charge in [-0.3, -0.25) is 4.79 Å². The molecule has 0 atom stereocenters. The molecule has 0 aliphatic heterocycles. The van der Waals surface area contributed by atoms with E-state index in [-0.39, 0.29) is 11.6 Å². The standard InChI is InChI=1S/C20H19ClN4O/c1-12-7-8-15(9-13(12)2)24-19-11-22-18(10-23-19)20(26)25-17-6-4-5-16(21)14(17)3/h4-11H,1-3H3,(H,23,24)(H,25,26). The monoisotopic (exact) mass is 366 g/mol. The summed E-state index contributed by atoms with van der Waals surface area (Å²) in [6.45, 7) is 5.96. The first-order valence-electron chi connectivity index (χ1n) is 8.17. The third kappa shape index (κ3) is 4.00. The molecule has 6 heteroatoms. The predicted octanol–water partition coefficient (Wildman–Crippen LogP) is 5.05. The highest BCUT2D eigenvalue weighted by Crippen LogP contribution is 2.23. The summed E-state index contributed by atoms with van der Waals surface area (Å²) in [6, 6.07) is 11.4. The number of benzene rings is 2. The molecule has 0 unspecified atom stereocenters. The van der Waals surface area contributed by atoms with Gasteiger partial charge in [-0.15, -0.1) is 0 Å². The summed E-state index contributed by atoms with van der Waals surface area (Å²) in [5.41, 5.74) is 5.04. The molecular weight excluding hydrogens is 348 g/mol. The van der Waals surface area contributed by atoms with Crippen molar-refractivity contribution in [2.45, 2.75) is 20.8 Å². The van der Waals surface area contributed by atoms with Gasteiger partial charge in [0.15, 0.2) is 0 Å². The molecule has 0 saturated heterocycles. The lowest BCUT2D eigenvalue weighted by Gasteiger charge is -2.10. The number of nitrogens with zero attached hydrogens (tertiary/aromatic N) is 2. The number of hydrogen-bond acceptors (Lipinski definition) is 4. The zero-order valence-corrected chi connectivity index (χ0v) is 15.6. The van der Waals surface area contributed by atoms with Crippen LogP contribution in [0.1, 0.15) is 27.2 Å². The molecule has 2 aromatic carbocycles. The number of aromatic nitrogens is 2. The maximum Gasteiger partial charge on any atom is 0.275 e. The van der Waals surface area contributed by atoms with Crippen molar-refractivity contribution in [1.82, 2.24) is 9.97 Å². The average Bonchev–Trinajstić information content (AvgIpc) is 2.63. The fourth-order valence-electron chi connectivity index (χ4n) is 2.41. The second kappa shape index (κ2) is 7.54. The molecule has 3 aromatic rings. The van der Waals surface area contributed by atoms with Crippen LogP contribution in [0.3, 0.4) is 0 Å². The van der Waals surface area contributed by atoms with Crippen molar-refractivity contribution in [1.29, 1.82) is 0 Å². The van der Waals surface area contributed by atoms with Gasteiger partial charge in [0, 0.05) is 16.4 Å². The first-order chi connectivity index (χ1) is 12.4. The molecule has 1 heterocycles. The van der Waals surface area contributed by atoms with Crippen LogP contribution in [0.2, 0.25) is 5.02 Å². The van der Waals surface area contributed by atoms with Gasteiger partial charge in [0.05, 0.1) is 12.4 Å². The fourth-order valence-corrected chi connectivity index (χ4v) is 2.58. The molecule has 3 rings (SSSR count). The number of hydrogen-bond donors (Lipinski definition) is 2. The zero-order chi connectivity index (χ0) is 18.7. The minimum absolute atomic E-state index is 0.231. The number of carbonyl (C=O) groups excluding carboxylic acids is 1. The molecule has 1 aromatic heterocycles. The highest BCUT2D eigenvalue weighted by Gasteiger charge is 2.11. The van der Waals surface area contributed by atoms with Gasteiger partial charge in [-0.2, -0.15) is 0 Å². The summed E-state index contributed by atoms with van der Waals surface area (Å²) >= 11 is 6.07. The van der Waals surface area contributed by atoms with E-state index in [1.165, 1.54) is 23.5 Å². The van der Waals surface area contributed by atoms with Gasteiger partial charge >= 0.3 is 0 Å². The molecule has 0 spiro atoms. The van der Waals surface area contributed by atoms with Gasteiger partial charge in [0.2, 0.25) is 0 Å². The van der Waals surface area contributed by atoms with E-state index < -0.39 is 0 Å². The van der Waals surface area contributed by atoms with E-state index >= 15 is 0 Å². The molecule has 0 aliphatic carbocycles. The average molecular weight is 367 g/mol. The van der Waals surface area contributed by atoms with Gasteiger partial charge in [-0.05, 0) is 61.7 Å². The van der Waals surface area contributed by atoms with E-state index in [2.05, 4.69) is 34.4 Å². The minimum Gasteiger partial charge on any atom is -0.339 e. The molecule has 0 bridgehead atoms. The van der Waals surface area contributed by atoms with Gasteiger partial charge in [0.1, 0.15) is 11.5 Å². The summed E-state index contributed by atoms with van der Waals surface area (Å²) in [5, 5.41) is 6.58. The van der Waals surface area contributed by atoms with Gasteiger partial charge in [-0.1, -0.05) is 23.7 Å². The quantitative estimate of drug-likeness (QED) is 0.678. The molecule has 26 heavy (non-hydrogen) atoms. The van der Waals surface area contributed by atoms with Gasteiger partial charge in [-0.25, -0.2) is 9.97 Å². The maximum atomic E-state index is 12.4. The lowest BCUT2D eigenvalue weighted by atomic mass is 10.1. The van der Waals surface area contributed by atoms with Crippen molar-refractivity contribution in [2.75, 3.05) is 10.6 Å². The Labute approximate surface area is 157 Å². The largest absolute Gasteiger partial charge is 0.339 e. The Balaban J connectivity index is 1.71. The van der Waals surface area contributed by atoms with E-state index in [0.717, 1.165) is 11.3 Å². The number of carbonyl (C=O) groups is 1. The highest BCUT2D eigenvalue weighted by atomic mass is 35.5. The van der Waals surface area contributed by atoms with E-state index in [4.69, 9.17) is 11.6 Å². The summed E-state index contributed by atoms with van der Waals surface area (Å²) in [7, 11) is 0. The van der Waals surface area contributed by atoms with Crippen LogP contribution in [0.25, 0.3) is 0 Å². The zero-order valence-electron chi connectivity index (χ0n) is 14.8. The topological polar surface area (TPSA) is 66.9 Å². The van der Waals surface area contributed by atoms with E-state index in [1.807, 2.05) is 25.1 Å². The van der Waals surface area contributed by atoms with Crippen LogP contribution in [0.4, 0.5) is 17.2 Å². The first kappa shape index (κ1) is 17.9. The normalized spacial score (nSPS) is 10.5. The number of halogens is 1. The van der Waals surface area contributed by atoms with Crippen molar-refractivity contribution >= 4 is 34.7 Å². The molecule has 2 N–H and O–H groups in total. The molecule has 0 fully saturated rings. The van der Waals surface area contributed by atoms with Crippen LogP contribution in [0.5, 0.6) is 0 Å². The lowest BCUT2D eigenvalue weighted by molar-refractivity contribution is 0.102. The molecule has 0 radical (unpaired) electrons. The molecule has 0 aliphatic rings. The fraction of sp³-hybridized carbons (Fsp3) is 0.150. The Bertz CT molecular complexity index is 955. The van der Waals surface area contributed by atoms with E-state index in [9.17, 15) is 4.79 Å². The molecule has 5 nitrogen and oxygen atoms in total. The summed E-state index contributed by atoms with van der Waals surface area (Å²) in [4.78, 5) is 20.8. The molecule has 0 saturated carbocycles. The first-order valence-corrected chi connectivity index (χ1v) is 8.54. The smallest absolute Gasteiger partial charge is 0.275 e. The Morgan fingerprint density at radius 1 is 1.00 bits per heavy atom. The van der Waals surface area contributed by atoms with Crippen molar-refractivity contribution in [3.05, 3.63) is 76.2 Å². The second-order valence-electron chi connectivity index (χ2n) is 6.08. The number of nitrogens with one attached hydrogen (secondary N) is 2. The van der Waals surface area contributed by atoms with Crippen LogP contribution in [-0.2, 0) is 0 Å². The SMILES string of the molecule is Cc1ccc(Nc2cnc(C(=O)Nc3cccc(Cl)c3C)cn2)cc1C. The van der Waals surface area contributed by atoms with Crippen LogP contribution < -0.4 is 10.6 Å². The number of rotatable bonds is 4. The molecular formula is C20H19ClN4O. The molecule has 1 amide bonds. The maximum absolute atomic E-state index is 12.4. The predicted molar refractivity (Wildman–Crippen MR) is 105 cm³/mol. The van der Waals surface area contributed by atoms with E-state index in [1.54, 1.807) is 18.2 Å². The summed E-state index contributed by atoms with van der Waals surface area (Å²) < 4.78 is 0. The van der Waals surface area contributed by atoms with Crippen molar-refractivity contribution in [3.63, 3.8) is 0 Å². The van der Waals surface area contributed by atoms with Crippen molar-refractivity contribution < 1.29 is 4.79 Å². The highest BCUT2D eigenvalue weighted by molar-refractivity contribution is 6.31. The molecule has 132 valence electrons. The van der Waals surface area contributed by atoms with Crippen LogP contribution >= 0.6 is 11.6 Å². The van der Waals surface area contributed by atoms with Crippen molar-refractivity contribution in [3.8, 4) is 0 Å². The van der Waals surface area contributed by atoms with Gasteiger partial charge in [0.25, 0.3) is 5.91 Å². The number of anilines is 3. The Hall–Kier alpha value is -2.92. The van der Waals surface area contributed by atoms with Crippen LogP contribution in [0.15, 0.2) is 48.8 Å². The Morgan fingerprint density at radius 2 is 1.81 bits per heavy atom. The third-order valence-electron chi connectivity index (χ3n) is 4.18. The summed E-state index contributed by atoms with van der Waals surface area (Å²) in [5.74, 6) is 0.240. The van der Waals surface area contributed by atoms with Crippen LogP contribution in [0, 0.1) is 20.8 Å². The number of aryl methyl sites for hydroxylation is 2. The minimum atomic E-state index is -0.333. The second-order valence-corrected chi connectivity index (χ2v) is 6.48. The van der Waals surface area contributed by atoms with Gasteiger partial charge < -0.3 is 10.6 Å². The van der Waals surface area contributed by atoms with E-state index in [0.29, 0.717) is 16.5 Å².